The molecule has 0 bridgehead atoms. The third-order valence-corrected chi connectivity index (χ3v) is 2.08. The first-order chi connectivity index (χ1) is 6.15. The van der Waals surface area contributed by atoms with E-state index < -0.39 is 0 Å². The van der Waals surface area contributed by atoms with Gasteiger partial charge in [0.25, 0.3) is 0 Å². The van der Waals surface area contributed by atoms with Gasteiger partial charge in [-0.05, 0) is 12.1 Å². The van der Waals surface area contributed by atoms with Gasteiger partial charge in [-0.25, -0.2) is 0 Å². The van der Waals surface area contributed by atoms with Crippen LogP contribution in [0, 0.1) is 0 Å². The first-order valence-corrected chi connectivity index (χ1v) is 4.66. The molecule has 0 heterocycles. The molecule has 72 valence electrons. The monoisotopic (exact) mass is 240 g/mol. The Morgan fingerprint density at radius 2 is 1.69 bits per heavy atom. The normalized spacial score (nSPS) is 10.2. The van der Waals surface area contributed by atoms with Gasteiger partial charge in [0.05, 0.1) is 16.7 Å². The molecule has 5 heteroatoms. The second-order valence-corrected chi connectivity index (χ2v) is 3.52. The van der Waals surface area contributed by atoms with Crippen molar-refractivity contribution in [3.8, 4) is 5.75 Å². The molecular formula is C8H7Cl3O2. The summed E-state index contributed by atoms with van der Waals surface area (Å²) in [5.74, 6) is 0.349. The molecule has 0 aliphatic rings. The summed E-state index contributed by atoms with van der Waals surface area (Å²) >= 11 is 17.3. The molecule has 0 radical (unpaired) electrons. The predicted molar refractivity (Wildman–Crippen MR) is 54.1 cm³/mol. The summed E-state index contributed by atoms with van der Waals surface area (Å²) in [6.45, 7) is 0.0658. The van der Waals surface area contributed by atoms with Gasteiger partial charge in [-0.3, -0.25) is 0 Å². The number of aliphatic hydroxyl groups excluding tert-OH is 1. The predicted octanol–water partition coefficient (Wildman–Crippen LogP) is 3.02. The second-order valence-electron chi connectivity index (χ2n) is 2.27. The lowest BCUT2D eigenvalue weighted by molar-refractivity contribution is 0.201. The van der Waals surface area contributed by atoms with Gasteiger partial charge in [0.2, 0.25) is 0 Å². The number of hydrogen-bond acceptors (Lipinski definition) is 2. The molecular weight excluding hydrogens is 234 g/mol. The van der Waals surface area contributed by atoms with Crippen LogP contribution in [0.3, 0.4) is 0 Å². The zero-order valence-corrected chi connectivity index (χ0v) is 8.83. The Morgan fingerprint density at radius 3 is 2.15 bits per heavy atom. The number of hydrogen-bond donors (Lipinski definition) is 1. The molecule has 0 fully saturated rings. The highest BCUT2D eigenvalue weighted by Crippen LogP contribution is 2.35. The Kier molecular flexibility index (Phi) is 4.13. The maximum absolute atomic E-state index is 8.53. The summed E-state index contributed by atoms with van der Waals surface area (Å²) < 4.78 is 5.10. The van der Waals surface area contributed by atoms with Crippen molar-refractivity contribution in [2.75, 3.05) is 13.2 Å². The van der Waals surface area contributed by atoms with Crippen LogP contribution in [0.5, 0.6) is 5.75 Å². The molecule has 1 N–H and O–H groups in total. The maximum Gasteiger partial charge on any atom is 0.156 e. The summed E-state index contributed by atoms with van der Waals surface area (Å²) in [5, 5.41) is 9.65. The fourth-order valence-corrected chi connectivity index (χ4v) is 1.74. The van der Waals surface area contributed by atoms with Crippen LogP contribution in [0.4, 0.5) is 0 Å². The van der Waals surface area contributed by atoms with Crippen LogP contribution in [0.25, 0.3) is 0 Å². The summed E-state index contributed by atoms with van der Waals surface area (Å²) in [5.41, 5.74) is 0. The van der Waals surface area contributed by atoms with E-state index in [0.717, 1.165) is 0 Å². The minimum absolute atomic E-state index is 0.0880. The van der Waals surface area contributed by atoms with Crippen LogP contribution in [0.15, 0.2) is 12.1 Å². The minimum atomic E-state index is -0.0880. The Hall–Kier alpha value is -0.150. The number of ether oxygens (including phenoxy) is 1. The smallest absolute Gasteiger partial charge is 0.156 e. The second kappa shape index (κ2) is 4.91. The lowest BCUT2D eigenvalue weighted by Crippen LogP contribution is -2.02. The van der Waals surface area contributed by atoms with Crippen molar-refractivity contribution in [3.05, 3.63) is 27.2 Å². The Balaban J connectivity index is 2.92. The van der Waals surface area contributed by atoms with Gasteiger partial charge in [0, 0.05) is 5.02 Å². The molecule has 0 spiro atoms. The maximum atomic E-state index is 8.53. The Bertz CT molecular complexity index is 278. The quantitative estimate of drug-likeness (QED) is 0.881. The topological polar surface area (TPSA) is 29.5 Å². The number of benzene rings is 1. The SMILES string of the molecule is OCCOc1c(Cl)cc(Cl)cc1Cl. The molecule has 0 atom stereocenters. The molecule has 1 rings (SSSR count). The van der Waals surface area contributed by atoms with Crippen LogP contribution in [-0.2, 0) is 0 Å². The molecule has 2 nitrogen and oxygen atoms in total. The third-order valence-electron chi connectivity index (χ3n) is 1.30. The molecule has 0 saturated carbocycles. The van der Waals surface area contributed by atoms with Crippen molar-refractivity contribution < 1.29 is 9.84 Å². The van der Waals surface area contributed by atoms with Gasteiger partial charge in [0.1, 0.15) is 6.61 Å². The van der Waals surface area contributed by atoms with E-state index >= 15 is 0 Å². The largest absolute Gasteiger partial charge is 0.488 e. The van der Waals surface area contributed by atoms with Gasteiger partial charge in [-0.1, -0.05) is 34.8 Å². The van der Waals surface area contributed by atoms with Crippen molar-refractivity contribution in [2.24, 2.45) is 0 Å². The molecule has 1 aromatic rings. The Morgan fingerprint density at radius 1 is 1.15 bits per heavy atom. The van der Waals surface area contributed by atoms with Crippen LogP contribution in [0.1, 0.15) is 0 Å². The molecule has 0 amide bonds. The molecule has 0 saturated heterocycles. The number of aliphatic hydroxyl groups is 1. The summed E-state index contributed by atoms with van der Waals surface area (Å²) in [6.07, 6.45) is 0. The van der Waals surface area contributed by atoms with Crippen molar-refractivity contribution >= 4 is 34.8 Å². The fraction of sp³-hybridized carbons (Fsp3) is 0.250. The van der Waals surface area contributed by atoms with E-state index in [4.69, 9.17) is 44.6 Å². The van der Waals surface area contributed by atoms with Crippen molar-refractivity contribution in [1.82, 2.24) is 0 Å². The summed E-state index contributed by atoms with van der Waals surface area (Å²) in [7, 11) is 0. The van der Waals surface area contributed by atoms with Gasteiger partial charge >= 0.3 is 0 Å². The van der Waals surface area contributed by atoms with E-state index in [2.05, 4.69) is 0 Å². The minimum Gasteiger partial charge on any atom is -0.488 e. The zero-order chi connectivity index (χ0) is 9.84. The lowest BCUT2D eigenvalue weighted by atomic mass is 10.3. The molecule has 0 aromatic heterocycles. The first kappa shape index (κ1) is 10.9. The zero-order valence-electron chi connectivity index (χ0n) is 6.56. The average molecular weight is 242 g/mol. The summed E-state index contributed by atoms with van der Waals surface area (Å²) in [4.78, 5) is 0. The third kappa shape index (κ3) is 2.92. The molecule has 0 aliphatic heterocycles. The van der Waals surface area contributed by atoms with Gasteiger partial charge in [0.15, 0.2) is 5.75 Å². The highest BCUT2D eigenvalue weighted by Gasteiger charge is 2.08. The van der Waals surface area contributed by atoms with E-state index in [1.165, 1.54) is 12.1 Å². The number of rotatable bonds is 3. The van der Waals surface area contributed by atoms with Gasteiger partial charge < -0.3 is 9.84 Å². The highest BCUT2D eigenvalue weighted by molar-refractivity contribution is 6.40. The summed E-state index contributed by atoms with van der Waals surface area (Å²) in [6, 6.07) is 3.06. The standard InChI is InChI=1S/C8H7Cl3O2/c9-5-3-6(10)8(7(11)4-5)13-2-1-12/h3-4,12H,1-2H2. The lowest BCUT2D eigenvalue weighted by Gasteiger charge is -2.08. The van der Waals surface area contributed by atoms with E-state index in [-0.39, 0.29) is 13.2 Å². The van der Waals surface area contributed by atoms with Crippen molar-refractivity contribution in [2.45, 2.75) is 0 Å². The Labute approximate surface area is 91.0 Å². The van der Waals surface area contributed by atoms with E-state index in [1.54, 1.807) is 0 Å². The van der Waals surface area contributed by atoms with E-state index in [9.17, 15) is 0 Å². The van der Waals surface area contributed by atoms with Crippen LogP contribution >= 0.6 is 34.8 Å². The first-order valence-electron chi connectivity index (χ1n) is 3.53. The van der Waals surface area contributed by atoms with Crippen LogP contribution in [0.2, 0.25) is 15.1 Å². The van der Waals surface area contributed by atoms with Crippen molar-refractivity contribution in [3.63, 3.8) is 0 Å². The molecule has 0 aliphatic carbocycles. The molecule has 13 heavy (non-hydrogen) atoms. The van der Waals surface area contributed by atoms with Crippen LogP contribution in [-0.4, -0.2) is 18.3 Å². The van der Waals surface area contributed by atoms with Gasteiger partial charge in [-0.15, -0.1) is 0 Å². The average Bonchev–Trinajstić information content (AvgIpc) is 2.02. The number of halogens is 3. The molecule has 1 aromatic carbocycles. The van der Waals surface area contributed by atoms with E-state index in [0.29, 0.717) is 20.8 Å². The van der Waals surface area contributed by atoms with E-state index in [1.807, 2.05) is 0 Å². The van der Waals surface area contributed by atoms with Crippen LogP contribution < -0.4 is 4.74 Å². The van der Waals surface area contributed by atoms with Gasteiger partial charge in [-0.2, -0.15) is 0 Å². The highest BCUT2D eigenvalue weighted by atomic mass is 35.5. The fourth-order valence-electron chi connectivity index (χ4n) is 0.815. The molecule has 0 unspecified atom stereocenters. The van der Waals surface area contributed by atoms with Crippen molar-refractivity contribution in [1.29, 1.82) is 0 Å².